The Morgan fingerprint density at radius 3 is 2.94 bits per heavy atom. The molecule has 0 fully saturated rings. The van der Waals surface area contributed by atoms with Gasteiger partial charge in [0.25, 0.3) is 0 Å². The van der Waals surface area contributed by atoms with Crippen molar-refractivity contribution < 1.29 is 4.39 Å². The third-order valence-corrected chi connectivity index (χ3v) is 2.90. The fourth-order valence-electron chi connectivity index (χ4n) is 1.48. The predicted octanol–water partition coefficient (Wildman–Crippen LogP) is 2.50. The maximum atomic E-state index is 13.6. The first-order valence-electron chi connectivity index (χ1n) is 4.80. The van der Waals surface area contributed by atoms with E-state index in [4.69, 9.17) is 5.73 Å². The summed E-state index contributed by atoms with van der Waals surface area (Å²) in [6, 6.07) is 4.69. The first-order valence-corrected chi connectivity index (χ1v) is 5.74. The van der Waals surface area contributed by atoms with Gasteiger partial charge in [0, 0.05) is 18.1 Å². The van der Waals surface area contributed by atoms with Crippen LogP contribution < -0.4 is 10.6 Å². The zero-order valence-corrected chi connectivity index (χ0v) is 9.67. The van der Waals surface area contributed by atoms with Crippen molar-refractivity contribution in [3.63, 3.8) is 0 Å². The molecule has 2 rings (SSSR count). The van der Waals surface area contributed by atoms with Gasteiger partial charge in [-0.1, -0.05) is 0 Å². The number of halogens is 1. The van der Waals surface area contributed by atoms with Gasteiger partial charge >= 0.3 is 0 Å². The van der Waals surface area contributed by atoms with Crippen molar-refractivity contribution in [2.45, 2.75) is 6.54 Å². The highest BCUT2D eigenvalue weighted by molar-refractivity contribution is 7.07. The number of nitrogen functional groups attached to an aromatic ring is 1. The highest BCUT2D eigenvalue weighted by Crippen LogP contribution is 2.21. The van der Waals surface area contributed by atoms with Crippen LogP contribution >= 0.6 is 11.3 Å². The largest absolute Gasteiger partial charge is 0.399 e. The number of benzene rings is 1. The summed E-state index contributed by atoms with van der Waals surface area (Å²) in [7, 11) is 1.83. The number of hydrogen-bond acceptors (Lipinski definition) is 4. The SMILES string of the molecule is CN(Cc1cscn1)c1ccc(N)cc1F. The zero-order chi connectivity index (χ0) is 11.5. The molecule has 1 heterocycles. The number of hydrogen-bond donors (Lipinski definition) is 1. The Balaban J connectivity index is 2.17. The smallest absolute Gasteiger partial charge is 0.148 e. The Labute approximate surface area is 97.3 Å². The monoisotopic (exact) mass is 237 g/mol. The molecule has 1 aromatic heterocycles. The van der Waals surface area contributed by atoms with Gasteiger partial charge < -0.3 is 10.6 Å². The molecule has 0 amide bonds. The molecular weight excluding hydrogens is 225 g/mol. The second-order valence-electron chi connectivity index (χ2n) is 3.55. The van der Waals surface area contributed by atoms with Gasteiger partial charge in [0.15, 0.2) is 0 Å². The Hall–Kier alpha value is -1.62. The van der Waals surface area contributed by atoms with Crippen LogP contribution in [0.25, 0.3) is 0 Å². The molecule has 0 spiro atoms. The van der Waals surface area contributed by atoms with Crippen molar-refractivity contribution in [2.75, 3.05) is 17.7 Å². The number of aromatic nitrogens is 1. The molecule has 2 aromatic rings. The second-order valence-corrected chi connectivity index (χ2v) is 4.27. The van der Waals surface area contributed by atoms with E-state index < -0.39 is 0 Å². The van der Waals surface area contributed by atoms with E-state index in [0.29, 0.717) is 17.9 Å². The van der Waals surface area contributed by atoms with E-state index in [1.807, 2.05) is 17.3 Å². The van der Waals surface area contributed by atoms with Crippen molar-refractivity contribution in [2.24, 2.45) is 0 Å². The summed E-state index contributed by atoms with van der Waals surface area (Å²) in [5.41, 5.74) is 9.16. The van der Waals surface area contributed by atoms with Crippen LogP contribution in [0.4, 0.5) is 15.8 Å². The van der Waals surface area contributed by atoms with Gasteiger partial charge in [0.2, 0.25) is 0 Å². The van der Waals surface area contributed by atoms with Crippen LogP contribution in [0, 0.1) is 5.82 Å². The van der Waals surface area contributed by atoms with Crippen LogP contribution in [0.5, 0.6) is 0 Å². The lowest BCUT2D eigenvalue weighted by molar-refractivity contribution is 0.622. The van der Waals surface area contributed by atoms with Crippen LogP contribution in [0.3, 0.4) is 0 Å². The summed E-state index contributed by atoms with van der Waals surface area (Å²) >= 11 is 1.53. The molecule has 1 aromatic carbocycles. The zero-order valence-electron chi connectivity index (χ0n) is 8.85. The van der Waals surface area contributed by atoms with E-state index in [-0.39, 0.29) is 5.82 Å². The summed E-state index contributed by atoms with van der Waals surface area (Å²) in [6.45, 7) is 0.588. The third kappa shape index (κ3) is 2.30. The van der Waals surface area contributed by atoms with Gasteiger partial charge in [-0.25, -0.2) is 9.37 Å². The highest BCUT2D eigenvalue weighted by atomic mass is 32.1. The molecule has 0 bridgehead atoms. The first-order chi connectivity index (χ1) is 7.66. The summed E-state index contributed by atoms with van der Waals surface area (Å²) in [5, 5.41) is 1.95. The van der Waals surface area contributed by atoms with Crippen LogP contribution in [-0.2, 0) is 6.54 Å². The molecule has 0 saturated heterocycles. The molecule has 0 aliphatic heterocycles. The summed E-state index contributed by atoms with van der Waals surface area (Å²) in [4.78, 5) is 5.97. The van der Waals surface area contributed by atoms with Crippen molar-refractivity contribution >= 4 is 22.7 Å². The van der Waals surface area contributed by atoms with E-state index in [0.717, 1.165) is 5.69 Å². The van der Waals surface area contributed by atoms with E-state index in [1.54, 1.807) is 17.6 Å². The van der Waals surface area contributed by atoms with Gasteiger partial charge in [0.1, 0.15) is 5.82 Å². The fraction of sp³-hybridized carbons (Fsp3) is 0.182. The van der Waals surface area contributed by atoms with Crippen molar-refractivity contribution in [3.05, 3.63) is 40.6 Å². The molecule has 0 unspecified atom stereocenters. The lowest BCUT2D eigenvalue weighted by atomic mass is 10.2. The number of thiazole rings is 1. The second kappa shape index (κ2) is 4.49. The molecule has 0 saturated carbocycles. The molecule has 0 aliphatic rings. The lowest BCUT2D eigenvalue weighted by Gasteiger charge is -2.18. The standard InChI is InChI=1S/C11H12FN3S/c1-15(5-9-6-16-7-14-9)11-3-2-8(13)4-10(11)12/h2-4,6-7H,5,13H2,1H3. The van der Waals surface area contributed by atoms with Crippen LogP contribution in [0.1, 0.15) is 5.69 Å². The molecule has 84 valence electrons. The quantitative estimate of drug-likeness (QED) is 0.834. The maximum Gasteiger partial charge on any atom is 0.148 e. The number of nitrogens with two attached hydrogens (primary N) is 1. The average molecular weight is 237 g/mol. The maximum absolute atomic E-state index is 13.6. The van der Waals surface area contributed by atoms with E-state index in [2.05, 4.69) is 4.98 Å². The molecule has 0 atom stereocenters. The van der Waals surface area contributed by atoms with Crippen molar-refractivity contribution in [1.82, 2.24) is 4.98 Å². The minimum Gasteiger partial charge on any atom is -0.399 e. The minimum atomic E-state index is -0.308. The molecule has 2 N–H and O–H groups in total. The Kier molecular flexibility index (Phi) is 3.05. The Morgan fingerprint density at radius 1 is 1.50 bits per heavy atom. The predicted molar refractivity (Wildman–Crippen MR) is 65.0 cm³/mol. The number of anilines is 2. The normalized spacial score (nSPS) is 10.4. The molecule has 0 aliphatic carbocycles. The topological polar surface area (TPSA) is 42.2 Å². The van der Waals surface area contributed by atoms with Gasteiger partial charge in [-0.3, -0.25) is 0 Å². The van der Waals surface area contributed by atoms with Crippen molar-refractivity contribution in [3.8, 4) is 0 Å². The summed E-state index contributed by atoms with van der Waals surface area (Å²) in [6.07, 6.45) is 0. The summed E-state index contributed by atoms with van der Waals surface area (Å²) in [5.74, 6) is -0.308. The van der Waals surface area contributed by atoms with Gasteiger partial charge in [-0.2, -0.15) is 0 Å². The van der Waals surface area contributed by atoms with Crippen LogP contribution in [-0.4, -0.2) is 12.0 Å². The van der Waals surface area contributed by atoms with E-state index in [1.165, 1.54) is 17.4 Å². The van der Waals surface area contributed by atoms with Crippen LogP contribution in [0.2, 0.25) is 0 Å². The van der Waals surface area contributed by atoms with Crippen molar-refractivity contribution in [1.29, 1.82) is 0 Å². The van der Waals surface area contributed by atoms with Gasteiger partial charge in [-0.15, -0.1) is 11.3 Å². The van der Waals surface area contributed by atoms with E-state index >= 15 is 0 Å². The molecule has 0 radical (unpaired) electrons. The average Bonchev–Trinajstić information content (AvgIpc) is 2.70. The molecule has 16 heavy (non-hydrogen) atoms. The third-order valence-electron chi connectivity index (χ3n) is 2.27. The molecular formula is C11H12FN3S. The van der Waals surface area contributed by atoms with E-state index in [9.17, 15) is 4.39 Å². The summed E-state index contributed by atoms with van der Waals surface area (Å²) < 4.78 is 13.6. The first kappa shape index (κ1) is 10.9. The minimum absolute atomic E-state index is 0.308. The lowest BCUT2D eigenvalue weighted by Crippen LogP contribution is -2.17. The highest BCUT2D eigenvalue weighted by Gasteiger charge is 2.08. The fourth-order valence-corrected chi connectivity index (χ4v) is 2.03. The van der Waals surface area contributed by atoms with Gasteiger partial charge in [-0.05, 0) is 18.2 Å². The molecule has 5 heteroatoms. The molecule has 3 nitrogen and oxygen atoms in total. The van der Waals surface area contributed by atoms with Gasteiger partial charge in [0.05, 0.1) is 23.4 Å². The Morgan fingerprint density at radius 2 is 2.31 bits per heavy atom. The number of rotatable bonds is 3. The van der Waals surface area contributed by atoms with Crippen LogP contribution in [0.15, 0.2) is 29.1 Å². The number of nitrogens with zero attached hydrogens (tertiary/aromatic N) is 2. The Bertz CT molecular complexity index is 470.